The molecule has 1 aromatic rings. The molecule has 1 fully saturated rings. The van der Waals surface area contributed by atoms with Crippen LogP contribution in [0.1, 0.15) is 12.5 Å². The predicted molar refractivity (Wildman–Crippen MR) is 71.6 cm³/mol. The molecule has 1 aliphatic rings. The summed E-state index contributed by atoms with van der Waals surface area (Å²) in [6.07, 6.45) is 1.31. The van der Waals surface area contributed by atoms with Crippen LogP contribution in [-0.2, 0) is 21.4 Å². The molecule has 20 heavy (non-hydrogen) atoms. The molecule has 8 nitrogen and oxygen atoms in total. The lowest BCUT2D eigenvalue weighted by molar-refractivity contribution is 0.0354. The molecule has 0 bridgehead atoms. The fourth-order valence-corrected chi connectivity index (χ4v) is 3.53. The van der Waals surface area contributed by atoms with E-state index in [0.717, 1.165) is 13.1 Å². The number of nitrogens with one attached hydrogen (secondary N) is 2. The van der Waals surface area contributed by atoms with Crippen molar-refractivity contribution >= 4 is 10.0 Å². The molecule has 2 rings (SSSR count). The molecule has 0 spiro atoms. The van der Waals surface area contributed by atoms with Crippen molar-refractivity contribution in [3.63, 3.8) is 0 Å². The maximum Gasteiger partial charge on any atom is 0.258 e. The fraction of sp³-hybridized carbons (Fsp3) is 0.727. The Balaban J connectivity index is 1.97. The summed E-state index contributed by atoms with van der Waals surface area (Å²) in [6.45, 7) is 5.01. The Morgan fingerprint density at radius 2 is 2.25 bits per heavy atom. The number of sulfonamides is 1. The van der Waals surface area contributed by atoms with Gasteiger partial charge in [0.05, 0.1) is 26.0 Å². The van der Waals surface area contributed by atoms with Gasteiger partial charge < -0.3 is 9.84 Å². The summed E-state index contributed by atoms with van der Waals surface area (Å²) < 4.78 is 32.2. The highest BCUT2D eigenvalue weighted by Crippen LogP contribution is 2.12. The zero-order chi connectivity index (χ0) is 14.6. The molecule has 0 amide bonds. The van der Waals surface area contributed by atoms with Crippen LogP contribution in [0.3, 0.4) is 0 Å². The number of aliphatic hydroxyl groups excluding tert-OH is 1. The second-order valence-electron chi connectivity index (χ2n) is 4.82. The van der Waals surface area contributed by atoms with E-state index in [-0.39, 0.29) is 23.2 Å². The highest BCUT2D eigenvalue weighted by molar-refractivity contribution is 7.89. The van der Waals surface area contributed by atoms with Gasteiger partial charge in [-0.05, 0) is 6.92 Å². The molecule has 3 N–H and O–H groups in total. The molecule has 0 aliphatic carbocycles. The van der Waals surface area contributed by atoms with E-state index < -0.39 is 10.0 Å². The number of rotatable bonds is 6. The minimum atomic E-state index is -3.70. The van der Waals surface area contributed by atoms with E-state index in [4.69, 9.17) is 9.84 Å². The van der Waals surface area contributed by atoms with Crippen LogP contribution in [0.5, 0.6) is 0 Å². The first-order valence-electron chi connectivity index (χ1n) is 6.48. The van der Waals surface area contributed by atoms with Gasteiger partial charge in [0.2, 0.25) is 0 Å². The SMILES string of the molecule is CC(CN1CCOCC1)NS(=O)(=O)c1[nH]ncc1CO. The van der Waals surface area contributed by atoms with Crippen LogP contribution in [0.4, 0.5) is 0 Å². The average Bonchev–Trinajstić information content (AvgIpc) is 2.88. The molecular weight excluding hydrogens is 284 g/mol. The van der Waals surface area contributed by atoms with Gasteiger partial charge in [0.1, 0.15) is 0 Å². The van der Waals surface area contributed by atoms with Crippen LogP contribution >= 0.6 is 0 Å². The third kappa shape index (κ3) is 3.76. The molecule has 1 saturated heterocycles. The van der Waals surface area contributed by atoms with Crippen molar-refractivity contribution < 1.29 is 18.3 Å². The van der Waals surface area contributed by atoms with Crippen molar-refractivity contribution in [3.05, 3.63) is 11.8 Å². The van der Waals surface area contributed by atoms with Gasteiger partial charge in [-0.25, -0.2) is 13.1 Å². The van der Waals surface area contributed by atoms with E-state index in [9.17, 15) is 8.42 Å². The van der Waals surface area contributed by atoms with E-state index in [0.29, 0.717) is 19.8 Å². The van der Waals surface area contributed by atoms with E-state index in [1.54, 1.807) is 0 Å². The van der Waals surface area contributed by atoms with Crippen LogP contribution in [0.15, 0.2) is 11.2 Å². The Morgan fingerprint density at radius 3 is 2.90 bits per heavy atom. The van der Waals surface area contributed by atoms with Gasteiger partial charge in [0.25, 0.3) is 10.0 Å². The van der Waals surface area contributed by atoms with Crippen molar-refractivity contribution in [2.24, 2.45) is 0 Å². The molecule has 1 aromatic heterocycles. The molecule has 2 heterocycles. The van der Waals surface area contributed by atoms with Gasteiger partial charge in [0.15, 0.2) is 5.03 Å². The molecule has 0 saturated carbocycles. The first-order chi connectivity index (χ1) is 9.53. The molecule has 0 aromatic carbocycles. The maximum absolute atomic E-state index is 12.2. The van der Waals surface area contributed by atoms with Gasteiger partial charge in [-0.15, -0.1) is 0 Å². The van der Waals surface area contributed by atoms with Gasteiger partial charge >= 0.3 is 0 Å². The summed E-state index contributed by atoms with van der Waals surface area (Å²) >= 11 is 0. The number of ether oxygens (including phenoxy) is 1. The van der Waals surface area contributed by atoms with Crippen LogP contribution < -0.4 is 4.72 Å². The summed E-state index contributed by atoms with van der Waals surface area (Å²) in [5.41, 5.74) is 0.260. The third-order valence-corrected chi connectivity index (χ3v) is 4.71. The fourth-order valence-electron chi connectivity index (χ4n) is 2.18. The molecule has 1 aliphatic heterocycles. The third-order valence-electron chi connectivity index (χ3n) is 3.11. The average molecular weight is 304 g/mol. The van der Waals surface area contributed by atoms with E-state index in [1.165, 1.54) is 6.20 Å². The van der Waals surface area contributed by atoms with Crippen molar-refractivity contribution in [3.8, 4) is 0 Å². The number of H-pyrrole nitrogens is 1. The Kier molecular flexibility index (Phi) is 5.11. The summed E-state index contributed by atoms with van der Waals surface area (Å²) in [5.74, 6) is 0. The first-order valence-corrected chi connectivity index (χ1v) is 7.97. The Morgan fingerprint density at radius 1 is 1.55 bits per heavy atom. The number of hydrogen-bond acceptors (Lipinski definition) is 6. The van der Waals surface area contributed by atoms with Crippen molar-refractivity contribution in [1.82, 2.24) is 19.8 Å². The molecule has 9 heteroatoms. The number of aromatic amines is 1. The van der Waals surface area contributed by atoms with Crippen LogP contribution in [0.2, 0.25) is 0 Å². The van der Waals surface area contributed by atoms with Crippen molar-refractivity contribution in [1.29, 1.82) is 0 Å². The lowest BCUT2D eigenvalue weighted by Gasteiger charge is -2.29. The Hall–Kier alpha value is -1.00. The van der Waals surface area contributed by atoms with Crippen molar-refractivity contribution in [2.75, 3.05) is 32.8 Å². The number of hydrogen-bond donors (Lipinski definition) is 3. The quantitative estimate of drug-likeness (QED) is 0.616. The maximum atomic E-state index is 12.2. The van der Waals surface area contributed by atoms with E-state index >= 15 is 0 Å². The number of nitrogens with zero attached hydrogens (tertiary/aromatic N) is 2. The monoisotopic (exact) mass is 304 g/mol. The normalized spacial score (nSPS) is 19.1. The van der Waals surface area contributed by atoms with E-state index in [1.807, 2.05) is 6.92 Å². The first kappa shape index (κ1) is 15.4. The number of morpholine rings is 1. The zero-order valence-corrected chi connectivity index (χ0v) is 12.2. The second-order valence-corrected chi connectivity index (χ2v) is 6.47. The summed E-state index contributed by atoms with van der Waals surface area (Å²) in [5, 5.41) is 15.1. The zero-order valence-electron chi connectivity index (χ0n) is 11.4. The highest BCUT2D eigenvalue weighted by Gasteiger charge is 2.24. The second kappa shape index (κ2) is 6.64. The molecule has 0 radical (unpaired) electrons. The number of aliphatic hydroxyl groups is 1. The Bertz CT molecular complexity index is 524. The Labute approximate surface area is 118 Å². The lowest BCUT2D eigenvalue weighted by atomic mass is 10.3. The van der Waals surface area contributed by atoms with E-state index in [2.05, 4.69) is 19.8 Å². The summed E-state index contributed by atoms with van der Waals surface area (Å²) in [4.78, 5) is 2.15. The van der Waals surface area contributed by atoms with Crippen molar-refractivity contribution in [2.45, 2.75) is 24.6 Å². The van der Waals surface area contributed by atoms with Gasteiger partial charge in [-0.2, -0.15) is 5.10 Å². The molecule has 1 unspecified atom stereocenters. The van der Waals surface area contributed by atoms with Crippen LogP contribution in [0, 0.1) is 0 Å². The largest absolute Gasteiger partial charge is 0.392 e. The van der Waals surface area contributed by atoms with Crippen LogP contribution in [0.25, 0.3) is 0 Å². The molecule has 114 valence electrons. The summed E-state index contributed by atoms with van der Waals surface area (Å²) in [7, 11) is -3.70. The standard InChI is InChI=1S/C11H20N4O4S/c1-9(7-15-2-4-19-5-3-15)14-20(17,18)11-10(8-16)6-12-13-11/h6,9,14,16H,2-5,7-8H2,1H3,(H,12,13). The minimum absolute atomic E-state index is 0.0752. The lowest BCUT2D eigenvalue weighted by Crippen LogP contribution is -2.46. The highest BCUT2D eigenvalue weighted by atomic mass is 32.2. The van der Waals surface area contributed by atoms with Crippen LogP contribution in [-0.4, -0.2) is 67.5 Å². The predicted octanol–water partition coefficient (Wildman–Crippen LogP) is -1.10. The topological polar surface area (TPSA) is 108 Å². The number of aromatic nitrogens is 2. The van der Waals surface area contributed by atoms with Gasteiger partial charge in [-0.3, -0.25) is 10.00 Å². The molecule has 1 atom stereocenters. The van der Waals surface area contributed by atoms with Gasteiger partial charge in [-0.1, -0.05) is 0 Å². The summed E-state index contributed by atoms with van der Waals surface area (Å²) in [6, 6.07) is -0.243. The minimum Gasteiger partial charge on any atom is -0.392 e. The molecular formula is C11H20N4O4S. The smallest absolute Gasteiger partial charge is 0.258 e. The van der Waals surface area contributed by atoms with Gasteiger partial charge in [0, 0.05) is 31.2 Å².